The average Bonchev–Trinajstić information content (AvgIpc) is 2.46. The fourth-order valence-electron chi connectivity index (χ4n) is 1.83. The first kappa shape index (κ1) is 14.5. The van der Waals surface area contributed by atoms with Gasteiger partial charge >= 0.3 is 0 Å². The number of benzene rings is 2. The summed E-state index contributed by atoms with van der Waals surface area (Å²) in [5.41, 5.74) is 1.88. The van der Waals surface area contributed by atoms with Crippen LogP contribution in [0.5, 0.6) is 5.75 Å². The van der Waals surface area contributed by atoms with Crippen molar-refractivity contribution >= 4 is 23.3 Å². The van der Waals surface area contributed by atoms with E-state index in [1.807, 2.05) is 0 Å². The maximum atomic E-state index is 11.1. The number of nitro benzene ring substituents is 1. The highest BCUT2D eigenvalue weighted by atomic mass is 16.6. The number of phenols is 1. The Morgan fingerprint density at radius 1 is 1.19 bits per heavy atom. The maximum absolute atomic E-state index is 11.1. The van der Waals surface area contributed by atoms with Crippen molar-refractivity contribution in [1.29, 1.82) is 0 Å². The lowest BCUT2D eigenvalue weighted by Gasteiger charge is -2.12. The second-order valence-electron chi connectivity index (χ2n) is 4.67. The lowest BCUT2D eigenvalue weighted by molar-refractivity contribution is -0.384. The molecule has 0 aromatic heterocycles. The molecule has 0 heterocycles. The zero-order valence-corrected chi connectivity index (χ0v) is 11.7. The topological polar surface area (TPSA) is 79.0 Å². The Balaban J connectivity index is 2.30. The third-order valence-corrected chi connectivity index (χ3v) is 2.89. The largest absolute Gasteiger partial charge is 0.508 e. The number of phenolic OH excluding ortho intramolecular Hbond substituents is 1. The molecule has 2 rings (SSSR count). The van der Waals surface area contributed by atoms with Crippen LogP contribution in [0.4, 0.5) is 17.1 Å². The third kappa shape index (κ3) is 3.56. The lowest BCUT2D eigenvalue weighted by atomic mass is 10.1. The van der Waals surface area contributed by atoms with Gasteiger partial charge in [-0.1, -0.05) is 6.07 Å². The van der Waals surface area contributed by atoms with Crippen LogP contribution in [0.3, 0.4) is 0 Å². The molecule has 6 heteroatoms. The molecule has 0 aliphatic carbocycles. The van der Waals surface area contributed by atoms with Gasteiger partial charge in [0.05, 0.1) is 10.6 Å². The molecule has 1 N–H and O–H groups in total. The zero-order valence-electron chi connectivity index (χ0n) is 11.7. The van der Waals surface area contributed by atoms with Crippen molar-refractivity contribution in [3.05, 3.63) is 58.1 Å². The molecule has 0 saturated carbocycles. The zero-order chi connectivity index (χ0) is 15.4. The van der Waals surface area contributed by atoms with Gasteiger partial charge in [0.15, 0.2) is 0 Å². The normalized spacial score (nSPS) is 10.8. The summed E-state index contributed by atoms with van der Waals surface area (Å²) >= 11 is 0. The highest BCUT2D eigenvalue weighted by molar-refractivity contribution is 5.85. The summed E-state index contributed by atoms with van der Waals surface area (Å²) in [4.78, 5) is 16.6. The van der Waals surface area contributed by atoms with Crippen molar-refractivity contribution in [3.63, 3.8) is 0 Å². The van der Waals surface area contributed by atoms with Gasteiger partial charge in [-0.2, -0.15) is 0 Å². The smallest absolute Gasteiger partial charge is 0.293 e. The van der Waals surface area contributed by atoms with Gasteiger partial charge in [0.1, 0.15) is 11.4 Å². The Morgan fingerprint density at radius 3 is 2.43 bits per heavy atom. The van der Waals surface area contributed by atoms with Gasteiger partial charge in [0.25, 0.3) is 5.69 Å². The summed E-state index contributed by atoms with van der Waals surface area (Å²) in [6, 6.07) is 11.3. The van der Waals surface area contributed by atoms with E-state index in [0.29, 0.717) is 16.9 Å². The molecule has 2 aromatic carbocycles. The maximum Gasteiger partial charge on any atom is 0.293 e. The molecular weight excluding hydrogens is 270 g/mol. The molecule has 0 bridgehead atoms. The number of hydrogen-bond acceptors (Lipinski definition) is 5. The predicted molar refractivity (Wildman–Crippen MR) is 82.8 cm³/mol. The average molecular weight is 285 g/mol. The number of rotatable bonds is 4. The third-order valence-electron chi connectivity index (χ3n) is 2.89. The van der Waals surface area contributed by atoms with E-state index in [9.17, 15) is 15.2 Å². The summed E-state index contributed by atoms with van der Waals surface area (Å²) in [6.07, 6.45) is 1.55. The van der Waals surface area contributed by atoms with Crippen LogP contribution in [0.25, 0.3) is 0 Å². The summed E-state index contributed by atoms with van der Waals surface area (Å²) in [6.45, 7) is 0. The number of anilines is 1. The van der Waals surface area contributed by atoms with E-state index in [4.69, 9.17) is 0 Å². The standard InChI is InChI=1S/C15H15N3O3/c1-17(2)14-8-3-11(9-15(14)18(20)21)10-16-12-4-6-13(19)7-5-12/h3-10,19H,1-2H3. The van der Waals surface area contributed by atoms with Gasteiger partial charge < -0.3 is 10.0 Å². The molecule has 0 aliphatic rings. The molecule has 0 saturated heterocycles. The summed E-state index contributed by atoms with van der Waals surface area (Å²) < 4.78 is 0. The number of nitrogens with zero attached hydrogens (tertiary/aromatic N) is 3. The Bertz CT molecular complexity index is 679. The fourth-order valence-corrected chi connectivity index (χ4v) is 1.83. The van der Waals surface area contributed by atoms with E-state index in [0.717, 1.165) is 0 Å². The van der Waals surface area contributed by atoms with Crippen molar-refractivity contribution in [2.24, 2.45) is 4.99 Å². The fraction of sp³-hybridized carbons (Fsp3) is 0.133. The molecule has 0 spiro atoms. The molecule has 0 unspecified atom stereocenters. The molecule has 0 aliphatic heterocycles. The van der Waals surface area contributed by atoms with Gasteiger partial charge in [0.2, 0.25) is 0 Å². The minimum absolute atomic E-state index is 0.0367. The highest BCUT2D eigenvalue weighted by Crippen LogP contribution is 2.27. The van der Waals surface area contributed by atoms with E-state index in [-0.39, 0.29) is 11.4 Å². The molecule has 2 aromatic rings. The SMILES string of the molecule is CN(C)c1ccc(C=Nc2ccc(O)cc2)cc1[N+](=O)[O-]. The van der Waals surface area contributed by atoms with Gasteiger partial charge in [0, 0.05) is 26.4 Å². The van der Waals surface area contributed by atoms with Gasteiger partial charge in [-0.15, -0.1) is 0 Å². The van der Waals surface area contributed by atoms with Crippen molar-refractivity contribution in [2.45, 2.75) is 0 Å². The Labute approximate surface area is 122 Å². The van der Waals surface area contributed by atoms with E-state index in [2.05, 4.69) is 4.99 Å². The van der Waals surface area contributed by atoms with Gasteiger partial charge in [-0.05, 0) is 35.9 Å². The first-order valence-electron chi connectivity index (χ1n) is 6.26. The molecule has 0 radical (unpaired) electrons. The number of hydrogen-bond donors (Lipinski definition) is 1. The van der Waals surface area contributed by atoms with Gasteiger partial charge in [-0.3, -0.25) is 15.1 Å². The molecule has 0 fully saturated rings. The molecule has 21 heavy (non-hydrogen) atoms. The monoisotopic (exact) mass is 285 g/mol. The lowest BCUT2D eigenvalue weighted by Crippen LogP contribution is -2.11. The first-order valence-corrected chi connectivity index (χ1v) is 6.26. The van der Waals surface area contributed by atoms with Crippen LogP contribution in [0.2, 0.25) is 0 Å². The summed E-state index contributed by atoms with van der Waals surface area (Å²) in [5.74, 6) is 0.167. The molecule has 108 valence electrons. The van der Waals surface area contributed by atoms with Crippen LogP contribution < -0.4 is 4.90 Å². The van der Waals surface area contributed by atoms with Crippen LogP contribution in [0.1, 0.15) is 5.56 Å². The predicted octanol–water partition coefficient (Wildman–Crippen LogP) is 3.12. The molecular formula is C15H15N3O3. The van der Waals surface area contributed by atoms with Crippen molar-refractivity contribution < 1.29 is 10.0 Å². The van der Waals surface area contributed by atoms with Crippen molar-refractivity contribution in [1.82, 2.24) is 0 Å². The molecule has 0 amide bonds. The quantitative estimate of drug-likeness (QED) is 0.532. The number of aliphatic imine (C=N–C) groups is 1. The summed E-state index contributed by atoms with van der Waals surface area (Å²) in [7, 11) is 3.51. The van der Waals surface area contributed by atoms with E-state index in [1.165, 1.54) is 18.2 Å². The second-order valence-corrected chi connectivity index (χ2v) is 4.67. The van der Waals surface area contributed by atoms with Crippen LogP contribution in [0, 0.1) is 10.1 Å². The van der Waals surface area contributed by atoms with Crippen molar-refractivity contribution in [2.75, 3.05) is 19.0 Å². The van der Waals surface area contributed by atoms with Crippen LogP contribution in [0.15, 0.2) is 47.5 Å². The van der Waals surface area contributed by atoms with Crippen LogP contribution in [-0.4, -0.2) is 30.3 Å². The highest BCUT2D eigenvalue weighted by Gasteiger charge is 2.15. The van der Waals surface area contributed by atoms with E-state index >= 15 is 0 Å². The van der Waals surface area contributed by atoms with Crippen LogP contribution in [-0.2, 0) is 0 Å². The number of nitro groups is 1. The number of aromatic hydroxyl groups is 1. The minimum atomic E-state index is -0.409. The van der Waals surface area contributed by atoms with Crippen molar-refractivity contribution in [3.8, 4) is 5.75 Å². The Kier molecular flexibility index (Phi) is 4.18. The minimum Gasteiger partial charge on any atom is -0.508 e. The van der Waals surface area contributed by atoms with Crippen LogP contribution >= 0.6 is 0 Å². The summed E-state index contributed by atoms with van der Waals surface area (Å²) in [5, 5.41) is 20.3. The Morgan fingerprint density at radius 2 is 1.86 bits per heavy atom. The second kappa shape index (κ2) is 6.04. The first-order chi connectivity index (χ1) is 9.97. The molecule has 6 nitrogen and oxygen atoms in total. The Hall–Kier alpha value is -2.89. The molecule has 0 atom stereocenters. The van der Waals surface area contributed by atoms with E-state index < -0.39 is 4.92 Å². The van der Waals surface area contributed by atoms with E-state index in [1.54, 1.807) is 49.5 Å². The van der Waals surface area contributed by atoms with Gasteiger partial charge in [-0.25, -0.2) is 0 Å².